The normalized spacial score (nSPS) is 12.5. The summed E-state index contributed by atoms with van der Waals surface area (Å²) < 4.78 is 4.60. The van der Waals surface area contributed by atoms with Gasteiger partial charge in [-0.15, -0.1) is 0 Å². The van der Waals surface area contributed by atoms with E-state index >= 15 is 0 Å². The van der Waals surface area contributed by atoms with E-state index < -0.39 is 0 Å². The molecule has 0 bridgehead atoms. The molecule has 0 aliphatic heterocycles. The van der Waals surface area contributed by atoms with Gasteiger partial charge in [-0.2, -0.15) is 0 Å². The maximum Gasteiger partial charge on any atom is 0.320 e. The number of hydrogen-bond acceptors (Lipinski definition) is 3. The standard InChI is InChI=1S/C11H22BrNO2/c1-3-4-5-6-7-8-13-9-10(12)11(14)15-2/h10,13H,3-9H2,1-2H3. The Balaban J connectivity index is 3.20. The minimum Gasteiger partial charge on any atom is -0.468 e. The zero-order valence-electron chi connectivity index (χ0n) is 9.72. The molecule has 90 valence electrons. The Hall–Kier alpha value is -0.0900. The lowest BCUT2D eigenvalue weighted by atomic mass is 10.1. The Labute approximate surface area is 101 Å². The second kappa shape index (κ2) is 10.4. The Kier molecular flexibility index (Phi) is 10.4. The Morgan fingerprint density at radius 2 is 2.00 bits per heavy atom. The van der Waals surface area contributed by atoms with E-state index in [-0.39, 0.29) is 10.8 Å². The second-order valence-corrected chi connectivity index (χ2v) is 4.71. The lowest BCUT2D eigenvalue weighted by molar-refractivity contribution is -0.139. The van der Waals surface area contributed by atoms with Crippen molar-refractivity contribution in [2.75, 3.05) is 20.2 Å². The van der Waals surface area contributed by atoms with Crippen LogP contribution in [0.2, 0.25) is 0 Å². The van der Waals surface area contributed by atoms with Crippen LogP contribution >= 0.6 is 15.9 Å². The molecule has 0 saturated carbocycles. The van der Waals surface area contributed by atoms with Crippen LogP contribution in [0.3, 0.4) is 0 Å². The monoisotopic (exact) mass is 279 g/mol. The van der Waals surface area contributed by atoms with Gasteiger partial charge in [-0.25, -0.2) is 0 Å². The highest BCUT2D eigenvalue weighted by molar-refractivity contribution is 9.10. The molecule has 0 rings (SSSR count). The van der Waals surface area contributed by atoms with E-state index in [1.807, 2.05) is 0 Å². The van der Waals surface area contributed by atoms with Crippen molar-refractivity contribution in [1.29, 1.82) is 0 Å². The third-order valence-electron chi connectivity index (χ3n) is 2.24. The van der Waals surface area contributed by atoms with Crippen LogP contribution in [0.5, 0.6) is 0 Å². The highest BCUT2D eigenvalue weighted by Crippen LogP contribution is 2.02. The molecule has 0 aliphatic rings. The molecule has 4 heteroatoms. The molecule has 0 aromatic carbocycles. The predicted octanol–water partition coefficient (Wildman–Crippen LogP) is 2.48. The van der Waals surface area contributed by atoms with Crippen LogP contribution in [0.15, 0.2) is 0 Å². The number of unbranched alkanes of at least 4 members (excludes halogenated alkanes) is 4. The molecule has 1 atom stereocenters. The van der Waals surface area contributed by atoms with E-state index in [4.69, 9.17) is 0 Å². The molecular weight excluding hydrogens is 258 g/mol. The van der Waals surface area contributed by atoms with Crippen molar-refractivity contribution in [3.05, 3.63) is 0 Å². The third kappa shape index (κ3) is 8.88. The summed E-state index contributed by atoms with van der Waals surface area (Å²) >= 11 is 3.26. The first-order valence-electron chi connectivity index (χ1n) is 5.65. The maximum absolute atomic E-state index is 11.0. The van der Waals surface area contributed by atoms with Crippen LogP contribution in [0.1, 0.15) is 39.0 Å². The summed E-state index contributed by atoms with van der Waals surface area (Å²) in [5.74, 6) is -0.214. The summed E-state index contributed by atoms with van der Waals surface area (Å²) in [6.07, 6.45) is 6.36. The third-order valence-corrected chi connectivity index (χ3v) is 2.94. The average Bonchev–Trinajstić information content (AvgIpc) is 2.26. The summed E-state index contributed by atoms with van der Waals surface area (Å²) in [6.45, 7) is 3.83. The van der Waals surface area contributed by atoms with Crippen molar-refractivity contribution in [3.8, 4) is 0 Å². The molecule has 3 nitrogen and oxygen atoms in total. The smallest absolute Gasteiger partial charge is 0.320 e. The number of rotatable bonds is 9. The van der Waals surface area contributed by atoms with Crippen molar-refractivity contribution in [3.63, 3.8) is 0 Å². The molecule has 0 fully saturated rings. The first kappa shape index (κ1) is 14.9. The Morgan fingerprint density at radius 1 is 1.33 bits per heavy atom. The van der Waals surface area contributed by atoms with Gasteiger partial charge < -0.3 is 10.1 Å². The van der Waals surface area contributed by atoms with Crippen molar-refractivity contribution in [1.82, 2.24) is 5.32 Å². The fourth-order valence-electron chi connectivity index (χ4n) is 1.29. The van der Waals surface area contributed by atoms with Gasteiger partial charge in [-0.1, -0.05) is 48.5 Å². The van der Waals surface area contributed by atoms with E-state index in [1.54, 1.807) is 0 Å². The maximum atomic E-state index is 11.0. The number of alkyl halides is 1. The predicted molar refractivity (Wildman–Crippen MR) is 66.4 cm³/mol. The van der Waals surface area contributed by atoms with Gasteiger partial charge in [0.25, 0.3) is 0 Å². The quantitative estimate of drug-likeness (QED) is 0.400. The average molecular weight is 280 g/mol. The SMILES string of the molecule is CCCCCCCNCC(Br)C(=O)OC. The van der Waals surface area contributed by atoms with Crippen LogP contribution in [-0.4, -0.2) is 31.0 Å². The summed E-state index contributed by atoms with van der Waals surface area (Å²) in [5.41, 5.74) is 0. The summed E-state index contributed by atoms with van der Waals surface area (Å²) in [7, 11) is 1.40. The van der Waals surface area contributed by atoms with Crippen LogP contribution in [-0.2, 0) is 9.53 Å². The number of ether oxygens (including phenoxy) is 1. The molecule has 0 aliphatic carbocycles. The first-order valence-corrected chi connectivity index (χ1v) is 6.56. The van der Waals surface area contributed by atoms with Gasteiger partial charge in [0.15, 0.2) is 0 Å². The lowest BCUT2D eigenvalue weighted by Gasteiger charge is -2.08. The highest BCUT2D eigenvalue weighted by atomic mass is 79.9. The molecule has 1 unspecified atom stereocenters. The summed E-state index contributed by atoms with van der Waals surface area (Å²) in [6, 6.07) is 0. The Bertz CT molecular complexity index is 165. The number of nitrogens with one attached hydrogen (secondary N) is 1. The molecule has 0 heterocycles. The molecule has 15 heavy (non-hydrogen) atoms. The van der Waals surface area contributed by atoms with Gasteiger partial charge in [0, 0.05) is 6.54 Å². The van der Waals surface area contributed by atoms with E-state index in [2.05, 4.69) is 32.9 Å². The fraction of sp³-hybridized carbons (Fsp3) is 0.909. The molecule has 0 amide bonds. The lowest BCUT2D eigenvalue weighted by Crippen LogP contribution is -2.30. The second-order valence-electron chi connectivity index (χ2n) is 3.61. The van der Waals surface area contributed by atoms with Crippen LogP contribution in [0, 0.1) is 0 Å². The van der Waals surface area contributed by atoms with Gasteiger partial charge in [-0.05, 0) is 13.0 Å². The molecule has 1 N–H and O–H groups in total. The van der Waals surface area contributed by atoms with Crippen LogP contribution in [0.25, 0.3) is 0 Å². The van der Waals surface area contributed by atoms with Crippen LogP contribution < -0.4 is 5.32 Å². The minimum absolute atomic E-state index is 0.214. The highest BCUT2D eigenvalue weighted by Gasteiger charge is 2.13. The van der Waals surface area contributed by atoms with Crippen molar-refractivity contribution in [2.24, 2.45) is 0 Å². The largest absolute Gasteiger partial charge is 0.468 e. The number of esters is 1. The number of methoxy groups -OCH3 is 1. The molecule has 0 aromatic rings. The minimum atomic E-state index is -0.224. The molecule has 0 spiro atoms. The van der Waals surface area contributed by atoms with Crippen LogP contribution in [0.4, 0.5) is 0 Å². The van der Waals surface area contributed by atoms with E-state index in [0.717, 1.165) is 6.54 Å². The zero-order chi connectivity index (χ0) is 11.5. The molecule has 0 saturated heterocycles. The number of hydrogen-bond donors (Lipinski definition) is 1. The molecule has 0 radical (unpaired) electrons. The van der Waals surface area contributed by atoms with Gasteiger partial charge in [0.2, 0.25) is 0 Å². The van der Waals surface area contributed by atoms with Gasteiger partial charge in [-0.3, -0.25) is 4.79 Å². The topological polar surface area (TPSA) is 38.3 Å². The van der Waals surface area contributed by atoms with E-state index in [9.17, 15) is 4.79 Å². The van der Waals surface area contributed by atoms with E-state index in [1.165, 1.54) is 39.2 Å². The van der Waals surface area contributed by atoms with Gasteiger partial charge in [0.05, 0.1) is 7.11 Å². The van der Waals surface area contributed by atoms with Gasteiger partial charge >= 0.3 is 5.97 Å². The van der Waals surface area contributed by atoms with Crippen molar-refractivity contribution >= 4 is 21.9 Å². The van der Waals surface area contributed by atoms with E-state index in [0.29, 0.717) is 6.54 Å². The zero-order valence-corrected chi connectivity index (χ0v) is 11.3. The van der Waals surface area contributed by atoms with Gasteiger partial charge in [0.1, 0.15) is 4.83 Å². The molecule has 0 aromatic heterocycles. The number of carbonyl (C=O) groups is 1. The number of halogens is 1. The summed E-state index contributed by atoms with van der Waals surface area (Å²) in [5, 5.41) is 3.23. The first-order chi connectivity index (χ1) is 7.22. The fourth-order valence-corrected chi connectivity index (χ4v) is 1.71. The van der Waals surface area contributed by atoms with Crippen molar-refractivity contribution in [2.45, 2.75) is 43.9 Å². The summed E-state index contributed by atoms with van der Waals surface area (Å²) in [4.78, 5) is 10.8. The Morgan fingerprint density at radius 3 is 2.60 bits per heavy atom. The van der Waals surface area contributed by atoms with Crippen molar-refractivity contribution < 1.29 is 9.53 Å². The number of carbonyl (C=O) groups excluding carboxylic acids is 1. The molecular formula is C11H22BrNO2.